The Labute approximate surface area is 109 Å². The van der Waals surface area contributed by atoms with Crippen LogP contribution in [0.2, 0.25) is 0 Å². The first-order valence-electron chi connectivity index (χ1n) is 6.05. The van der Waals surface area contributed by atoms with Crippen LogP contribution in [0, 0.1) is 0 Å². The van der Waals surface area contributed by atoms with E-state index in [2.05, 4.69) is 10.2 Å². The van der Waals surface area contributed by atoms with Crippen LogP contribution >= 0.6 is 0 Å². The molecule has 4 heteroatoms. The quantitative estimate of drug-likeness (QED) is 0.685. The molecule has 0 aliphatic heterocycles. The normalized spacial score (nSPS) is 10.7. The third kappa shape index (κ3) is 2.08. The second-order valence-electron chi connectivity index (χ2n) is 4.43. The van der Waals surface area contributed by atoms with Gasteiger partial charge in [0.2, 0.25) is 0 Å². The third-order valence-electron chi connectivity index (χ3n) is 3.14. The Bertz CT molecular complexity index is 778. The minimum absolute atomic E-state index is 0.209. The summed E-state index contributed by atoms with van der Waals surface area (Å²) >= 11 is 0. The molecule has 0 aliphatic rings. The molecule has 0 atom stereocenters. The van der Waals surface area contributed by atoms with E-state index < -0.39 is 0 Å². The smallest absolute Gasteiger partial charge is 0.272 e. The number of hydrogen-bond donors (Lipinski definition) is 2. The van der Waals surface area contributed by atoms with Crippen LogP contribution in [0.25, 0.3) is 10.8 Å². The number of rotatable bonds is 2. The lowest BCUT2D eigenvalue weighted by atomic mass is 10.0. The Kier molecular flexibility index (Phi) is 2.76. The summed E-state index contributed by atoms with van der Waals surface area (Å²) in [6.07, 6.45) is 0.641. The van der Waals surface area contributed by atoms with E-state index in [9.17, 15) is 4.79 Å². The zero-order valence-corrected chi connectivity index (χ0v) is 10.3. The van der Waals surface area contributed by atoms with Crippen molar-refractivity contribution in [3.8, 4) is 0 Å². The summed E-state index contributed by atoms with van der Waals surface area (Å²) in [6.45, 7) is 0. The number of nitrogens with two attached hydrogens (primary N) is 1. The highest BCUT2D eigenvalue weighted by Crippen LogP contribution is 2.22. The largest absolute Gasteiger partial charge is 0.398 e. The molecule has 0 unspecified atom stereocenters. The third-order valence-corrected chi connectivity index (χ3v) is 3.14. The number of aromatic nitrogens is 2. The number of nitrogen functional groups attached to an aromatic ring is 1. The van der Waals surface area contributed by atoms with Crippen molar-refractivity contribution in [2.45, 2.75) is 6.42 Å². The minimum atomic E-state index is -0.209. The van der Waals surface area contributed by atoms with E-state index in [1.165, 1.54) is 0 Å². The maximum Gasteiger partial charge on any atom is 0.272 e. The second-order valence-corrected chi connectivity index (χ2v) is 4.43. The summed E-state index contributed by atoms with van der Waals surface area (Å²) in [4.78, 5) is 11.8. The van der Waals surface area contributed by atoms with Crippen LogP contribution in [0.3, 0.4) is 0 Å². The predicted molar refractivity (Wildman–Crippen MR) is 76.0 cm³/mol. The lowest BCUT2D eigenvalue weighted by molar-refractivity contribution is 0.934. The number of H-pyrrole nitrogens is 1. The molecule has 0 radical (unpaired) electrons. The van der Waals surface area contributed by atoms with Crippen LogP contribution in [-0.2, 0) is 6.42 Å². The standard InChI is InChI=1S/C15H13N3O/c16-12-8-4-7-11-14(12)13(17-18-15(11)19)9-10-5-2-1-3-6-10/h1-8H,9,16H2,(H,18,19). The molecular weight excluding hydrogens is 238 g/mol. The van der Waals surface area contributed by atoms with Gasteiger partial charge < -0.3 is 5.73 Å². The van der Waals surface area contributed by atoms with Gasteiger partial charge in [-0.3, -0.25) is 4.79 Å². The van der Waals surface area contributed by atoms with Gasteiger partial charge in [0.05, 0.1) is 11.1 Å². The molecule has 0 amide bonds. The first-order valence-corrected chi connectivity index (χ1v) is 6.05. The molecule has 94 valence electrons. The first kappa shape index (κ1) is 11.5. The first-order chi connectivity index (χ1) is 9.25. The van der Waals surface area contributed by atoms with Gasteiger partial charge in [0.25, 0.3) is 5.56 Å². The van der Waals surface area contributed by atoms with Gasteiger partial charge >= 0.3 is 0 Å². The van der Waals surface area contributed by atoms with Gasteiger partial charge in [-0.25, -0.2) is 5.10 Å². The van der Waals surface area contributed by atoms with Crippen LogP contribution in [0.4, 0.5) is 5.69 Å². The molecule has 0 bridgehead atoms. The molecule has 3 N–H and O–H groups in total. The van der Waals surface area contributed by atoms with E-state index in [1.54, 1.807) is 18.2 Å². The van der Waals surface area contributed by atoms with Crippen LogP contribution in [0.15, 0.2) is 53.3 Å². The number of anilines is 1. The lowest BCUT2D eigenvalue weighted by Gasteiger charge is -2.07. The van der Waals surface area contributed by atoms with E-state index in [0.29, 0.717) is 17.5 Å². The molecule has 0 saturated carbocycles. The SMILES string of the molecule is Nc1cccc2c(=O)[nH]nc(Cc3ccccc3)c12. The monoisotopic (exact) mass is 251 g/mol. The Morgan fingerprint density at radius 1 is 1.05 bits per heavy atom. The average Bonchev–Trinajstić information content (AvgIpc) is 2.43. The van der Waals surface area contributed by atoms with Crippen molar-refractivity contribution in [2.75, 3.05) is 5.73 Å². The van der Waals surface area contributed by atoms with Gasteiger partial charge in [-0.2, -0.15) is 5.10 Å². The predicted octanol–water partition coefficient (Wildman–Crippen LogP) is 2.10. The molecule has 0 spiro atoms. The van der Waals surface area contributed by atoms with Crippen molar-refractivity contribution in [3.63, 3.8) is 0 Å². The fourth-order valence-electron chi connectivity index (χ4n) is 2.23. The summed E-state index contributed by atoms with van der Waals surface area (Å²) in [7, 11) is 0. The van der Waals surface area contributed by atoms with E-state index in [1.807, 2.05) is 30.3 Å². The molecule has 3 aromatic rings. The highest BCUT2D eigenvalue weighted by Gasteiger charge is 2.09. The van der Waals surface area contributed by atoms with Crippen LogP contribution < -0.4 is 11.3 Å². The summed E-state index contributed by atoms with van der Waals surface area (Å²) in [6, 6.07) is 15.3. The van der Waals surface area contributed by atoms with E-state index in [4.69, 9.17) is 5.73 Å². The summed E-state index contributed by atoms with van der Waals surface area (Å²) in [5, 5.41) is 8.00. The van der Waals surface area contributed by atoms with E-state index in [-0.39, 0.29) is 5.56 Å². The Morgan fingerprint density at radius 3 is 2.63 bits per heavy atom. The molecule has 0 fully saturated rings. The lowest BCUT2D eigenvalue weighted by Crippen LogP contribution is -2.12. The molecule has 0 saturated heterocycles. The molecule has 0 aliphatic carbocycles. The van der Waals surface area contributed by atoms with E-state index >= 15 is 0 Å². The van der Waals surface area contributed by atoms with Crippen molar-refractivity contribution >= 4 is 16.5 Å². The van der Waals surface area contributed by atoms with Crippen molar-refractivity contribution in [1.29, 1.82) is 0 Å². The van der Waals surface area contributed by atoms with Crippen LogP contribution in [0.1, 0.15) is 11.3 Å². The Balaban J connectivity index is 2.20. The molecule has 4 nitrogen and oxygen atoms in total. The number of nitrogens with one attached hydrogen (secondary N) is 1. The number of hydrogen-bond acceptors (Lipinski definition) is 3. The molecule has 19 heavy (non-hydrogen) atoms. The fourth-order valence-corrected chi connectivity index (χ4v) is 2.23. The van der Waals surface area contributed by atoms with Crippen molar-refractivity contribution in [1.82, 2.24) is 10.2 Å². The summed E-state index contributed by atoms with van der Waals surface area (Å²) < 4.78 is 0. The number of benzene rings is 2. The van der Waals surface area contributed by atoms with Gasteiger partial charge in [0, 0.05) is 17.5 Å². The van der Waals surface area contributed by atoms with Crippen molar-refractivity contribution < 1.29 is 0 Å². The van der Waals surface area contributed by atoms with Gasteiger partial charge in [0.15, 0.2) is 0 Å². The van der Waals surface area contributed by atoms with Gasteiger partial charge in [-0.05, 0) is 17.7 Å². The topological polar surface area (TPSA) is 71.8 Å². The number of aromatic amines is 1. The fraction of sp³-hybridized carbons (Fsp3) is 0.0667. The van der Waals surface area contributed by atoms with Crippen LogP contribution in [0.5, 0.6) is 0 Å². The molecule has 2 aromatic carbocycles. The maximum absolute atomic E-state index is 11.8. The van der Waals surface area contributed by atoms with Gasteiger partial charge in [-0.1, -0.05) is 36.4 Å². The van der Waals surface area contributed by atoms with Gasteiger partial charge in [0.1, 0.15) is 0 Å². The van der Waals surface area contributed by atoms with Crippen molar-refractivity contribution in [3.05, 3.63) is 70.1 Å². The minimum Gasteiger partial charge on any atom is -0.398 e. The maximum atomic E-state index is 11.8. The Hall–Kier alpha value is -2.62. The highest BCUT2D eigenvalue weighted by atomic mass is 16.1. The summed E-state index contributed by atoms with van der Waals surface area (Å²) in [5.41, 5.74) is 8.28. The van der Waals surface area contributed by atoms with Gasteiger partial charge in [-0.15, -0.1) is 0 Å². The second kappa shape index (κ2) is 4.57. The zero-order chi connectivity index (χ0) is 13.2. The zero-order valence-electron chi connectivity index (χ0n) is 10.3. The van der Waals surface area contributed by atoms with Crippen molar-refractivity contribution in [2.24, 2.45) is 0 Å². The number of nitrogens with zero attached hydrogens (tertiary/aromatic N) is 1. The average molecular weight is 251 g/mol. The van der Waals surface area contributed by atoms with E-state index in [0.717, 1.165) is 16.6 Å². The Morgan fingerprint density at radius 2 is 1.84 bits per heavy atom. The molecular formula is C15H13N3O. The molecule has 3 rings (SSSR count). The number of fused-ring (bicyclic) bond motifs is 1. The summed E-state index contributed by atoms with van der Waals surface area (Å²) in [5.74, 6) is 0. The molecule has 1 aromatic heterocycles. The van der Waals surface area contributed by atoms with Crippen LogP contribution in [-0.4, -0.2) is 10.2 Å². The highest BCUT2D eigenvalue weighted by molar-refractivity contribution is 5.94. The molecule has 1 heterocycles.